The third-order valence-corrected chi connectivity index (χ3v) is 4.37. The Bertz CT molecular complexity index is 601. The summed E-state index contributed by atoms with van der Waals surface area (Å²) >= 11 is 0. The Balaban J connectivity index is 1.87. The van der Waals surface area contributed by atoms with Gasteiger partial charge in [-0.25, -0.2) is 0 Å². The van der Waals surface area contributed by atoms with Gasteiger partial charge in [0.1, 0.15) is 5.58 Å². The quantitative estimate of drug-likeness (QED) is 0.726. The molecule has 100 valence electrons. The summed E-state index contributed by atoms with van der Waals surface area (Å²) in [7, 11) is 0. The Kier molecular flexibility index (Phi) is 3.17. The van der Waals surface area contributed by atoms with Gasteiger partial charge in [0.25, 0.3) is 0 Å². The van der Waals surface area contributed by atoms with Crippen LogP contribution in [0.3, 0.4) is 0 Å². The van der Waals surface area contributed by atoms with Crippen molar-refractivity contribution in [3.8, 4) is 0 Å². The smallest absolute Gasteiger partial charge is 0.201 e. The van der Waals surface area contributed by atoms with E-state index in [4.69, 9.17) is 4.42 Å². The van der Waals surface area contributed by atoms with Gasteiger partial charge in [-0.15, -0.1) is 0 Å². The number of aryl methyl sites for hydroxylation is 1. The summed E-state index contributed by atoms with van der Waals surface area (Å²) in [4.78, 5) is 12.5. The van der Waals surface area contributed by atoms with Crippen LogP contribution in [-0.4, -0.2) is 5.78 Å². The van der Waals surface area contributed by atoms with E-state index in [0.29, 0.717) is 5.76 Å². The van der Waals surface area contributed by atoms with Crippen molar-refractivity contribution in [1.82, 2.24) is 0 Å². The number of carbonyl (C=O) groups is 1. The van der Waals surface area contributed by atoms with Crippen LogP contribution in [0.1, 0.15) is 48.7 Å². The number of ketones is 1. The van der Waals surface area contributed by atoms with Crippen molar-refractivity contribution in [2.45, 2.75) is 39.5 Å². The molecule has 2 heteroatoms. The van der Waals surface area contributed by atoms with Gasteiger partial charge in [0.05, 0.1) is 0 Å². The van der Waals surface area contributed by atoms with Gasteiger partial charge in [-0.3, -0.25) is 4.79 Å². The van der Waals surface area contributed by atoms with E-state index in [0.717, 1.165) is 48.1 Å². The molecule has 3 rings (SSSR count). The first-order chi connectivity index (χ1) is 9.15. The van der Waals surface area contributed by atoms with Crippen molar-refractivity contribution in [2.24, 2.45) is 11.8 Å². The highest BCUT2D eigenvalue weighted by Gasteiger charge is 2.27. The fourth-order valence-electron chi connectivity index (χ4n) is 3.05. The Morgan fingerprint density at radius 1 is 1.21 bits per heavy atom. The van der Waals surface area contributed by atoms with Crippen molar-refractivity contribution in [2.75, 3.05) is 0 Å². The molecule has 1 aromatic carbocycles. The minimum atomic E-state index is 0.164. The van der Waals surface area contributed by atoms with Gasteiger partial charge < -0.3 is 4.42 Å². The first-order valence-corrected chi connectivity index (χ1v) is 7.18. The molecule has 1 aliphatic carbocycles. The normalized spacial score (nSPS) is 23.7. The molecule has 1 saturated carbocycles. The maximum Gasteiger partial charge on any atom is 0.201 e. The minimum Gasteiger partial charge on any atom is -0.453 e. The summed E-state index contributed by atoms with van der Waals surface area (Å²) in [6.45, 7) is 4.29. The standard InChI is InChI=1S/C17H20O2/c1-11-6-8-13(9-7-11)16(18)15-10-14-5-3-4-12(2)17(14)19-15/h3-5,10-11,13H,6-9H2,1-2H3. The Labute approximate surface area is 113 Å². The zero-order valence-electron chi connectivity index (χ0n) is 11.6. The lowest BCUT2D eigenvalue weighted by Gasteiger charge is -2.24. The maximum absolute atomic E-state index is 12.5. The minimum absolute atomic E-state index is 0.164. The van der Waals surface area contributed by atoms with Crippen LogP contribution >= 0.6 is 0 Å². The van der Waals surface area contributed by atoms with Crippen LogP contribution in [0.5, 0.6) is 0 Å². The zero-order chi connectivity index (χ0) is 13.4. The number of rotatable bonds is 2. The van der Waals surface area contributed by atoms with E-state index in [2.05, 4.69) is 6.92 Å². The lowest BCUT2D eigenvalue weighted by atomic mass is 9.80. The summed E-state index contributed by atoms with van der Waals surface area (Å²) in [6, 6.07) is 7.93. The van der Waals surface area contributed by atoms with E-state index in [-0.39, 0.29) is 11.7 Å². The second kappa shape index (κ2) is 4.84. The molecular formula is C17H20O2. The molecule has 1 fully saturated rings. The molecule has 2 aromatic rings. The molecule has 0 amide bonds. The van der Waals surface area contributed by atoms with E-state index in [1.165, 1.54) is 0 Å². The average molecular weight is 256 g/mol. The predicted octanol–water partition coefficient (Wildman–Crippen LogP) is 4.75. The fraction of sp³-hybridized carbons (Fsp3) is 0.471. The largest absolute Gasteiger partial charge is 0.453 e. The van der Waals surface area contributed by atoms with E-state index in [9.17, 15) is 4.79 Å². The van der Waals surface area contributed by atoms with Crippen molar-refractivity contribution in [3.05, 3.63) is 35.6 Å². The molecule has 0 spiro atoms. The highest BCUT2D eigenvalue weighted by molar-refractivity contribution is 5.99. The lowest BCUT2D eigenvalue weighted by molar-refractivity contribution is 0.0849. The molecule has 0 unspecified atom stereocenters. The highest BCUT2D eigenvalue weighted by Crippen LogP contribution is 2.32. The van der Waals surface area contributed by atoms with Crippen LogP contribution < -0.4 is 0 Å². The summed E-state index contributed by atoms with van der Waals surface area (Å²) in [6.07, 6.45) is 4.34. The zero-order valence-corrected chi connectivity index (χ0v) is 11.6. The summed E-state index contributed by atoms with van der Waals surface area (Å²) in [5.74, 6) is 1.67. The monoisotopic (exact) mass is 256 g/mol. The molecule has 0 N–H and O–H groups in total. The van der Waals surface area contributed by atoms with Crippen LogP contribution in [0.2, 0.25) is 0 Å². The lowest BCUT2D eigenvalue weighted by Crippen LogP contribution is -2.20. The molecule has 19 heavy (non-hydrogen) atoms. The van der Waals surface area contributed by atoms with Crippen molar-refractivity contribution in [3.63, 3.8) is 0 Å². The Morgan fingerprint density at radius 2 is 1.95 bits per heavy atom. The average Bonchev–Trinajstić information content (AvgIpc) is 2.84. The summed E-state index contributed by atoms with van der Waals surface area (Å²) in [5, 5.41) is 1.03. The summed E-state index contributed by atoms with van der Waals surface area (Å²) in [5.41, 5.74) is 1.95. The molecule has 0 bridgehead atoms. The Hall–Kier alpha value is -1.57. The van der Waals surface area contributed by atoms with Crippen molar-refractivity contribution >= 4 is 16.8 Å². The molecule has 0 atom stereocenters. The molecule has 0 radical (unpaired) electrons. The van der Waals surface area contributed by atoms with Crippen LogP contribution in [0, 0.1) is 18.8 Å². The number of furan rings is 1. The first kappa shape index (κ1) is 12.5. The van der Waals surface area contributed by atoms with Gasteiger partial charge in [-0.1, -0.05) is 38.0 Å². The number of hydrogen-bond acceptors (Lipinski definition) is 2. The number of hydrogen-bond donors (Lipinski definition) is 0. The van der Waals surface area contributed by atoms with Gasteiger partial charge in [-0.05, 0) is 37.3 Å². The third-order valence-electron chi connectivity index (χ3n) is 4.37. The number of carbonyl (C=O) groups excluding carboxylic acids is 1. The van der Waals surface area contributed by atoms with Crippen molar-refractivity contribution < 1.29 is 9.21 Å². The van der Waals surface area contributed by atoms with Crippen LogP contribution in [-0.2, 0) is 0 Å². The number of benzene rings is 1. The molecule has 0 saturated heterocycles. The first-order valence-electron chi connectivity index (χ1n) is 7.18. The molecular weight excluding hydrogens is 236 g/mol. The van der Waals surface area contributed by atoms with E-state index in [1.807, 2.05) is 31.2 Å². The van der Waals surface area contributed by atoms with Crippen LogP contribution in [0.15, 0.2) is 28.7 Å². The Morgan fingerprint density at radius 3 is 2.63 bits per heavy atom. The number of fused-ring (bicyclic) bond motifs is 1. The van der Waals surface area contributed by atoms with Gasteiger partial charge >= 0.3 is 0 Å². The maximum atomic E-state index is 12.5. The molecule has 1 heterocycles. The topological polar surface area (TPSA) is 30.2 Å². The van der Waals surface area contributed by atoms with Gasteiger partial charge in [0.2, 0.25) is 5.78 Å². The predicted molar refractivity (Wildman–Crippen MR) is 76.4 cm³/mol. The van der Waals surface area contributed by atoms with Crippen LogP contribution in [0.25, 0.3) is 11.0 Å². The second-order valence-corrected chi connectivity index (χ2v) is 5.92. The third kappa shape index (κ3) is 2.32. The van der Waals surface area contributed by atoms with E-state index < -0.39 is 0 Å². The fourth-order valence-corrected chi connectivity index (χ4v) is 3.05. The second-order valence-electron chi connectivity index (χ2n) is 5.92. The molecule has 0 aliphatic heterocycles. The van der Waals surface area contributed by atoms with Gasteiger partial charge in [0.15, 0.2) is 5.76 Å². The van der Waals surface area contributed by atoms with Gasteiger partial charge in [-0.2, -0.15) is 0 Å². The molecule has 1 aromatic heterocycles. The van der Waals surface area contributed by atoms with Crippen molar-refractivity contribution in [1.29, 1.82) is 0 Å². The highest BCUT2D eigenvalue weighted by atomic mass is 16.3. The van der Waals surface area contributed by atoms with Crippen LogP contribution in [0.4, 0.5) is 0 Å². The van der Waals surface area contributed by atoms with E-state index in [1.54, 1.807) is 0 Å². The molecule has 1 aliphatic rings. The number of Topliss-reactive ketones (excluding diaryl/α,β-unsaturated/α-hetero) is 1. The van der Waals surface area contributed by atoms with E-state index >= 15 is 0 Å². The summed E-state index contributed by atoms with van der Waals surface area (Å²) < 4.78 is 5.79. The SMILES string of the molecule is Cc1cccc2cc(C(=O)C3CCC(C)CC3)oc12. The number of para-hydroxylation sites is 1. The molecule has 2 nitrogen and oxygen atoms in total. The van der Waals surface area contributed by atoms with Gasteiger partial charge in [0, 0.05) is 11.3 Å².